The lowest BCUT2D eigenvalue weighted by Crippen LogP contribution is -2.36. The summed E-state index contributed by atoms with van der Waals surface area (Å²) in [7, 11) is 0. The van der Waals surface area contributed by atoms with Crippen LogP contribution in [-0.2, 0) is 0 Å². The van der Waals surface area contributed by atoms with Crippen LogP contribution in [0.1, 0.15) is 100 Å². The van der Waals surface area contributed by atoms with Crippen LogP contribution in [0.25, 0.3) is 0 Å². The maximum absolute atomic E-state index is 13.8. The average Bonchev–Trinajstić information content (AvgIpc) is 3.33. The second kappa shape index (κ2) is 26.7. The van der Waals surface area contributed by atoms with E-state index in [1.54, 1.807) is 62.9 Å². The van der Waals surface area contributed by atoms with Crippen molar-refractivity contribution in [3.8, 4) is 11.5 Å². The lowest BCUT2D eigenvalue weighted by Gasteiger charge is -2.38. The molecule has 4 aliphatic rings. The van der Waals surface area contributed by atoms with Gasteiger partial charge in [-0.3, -0.25) is 9.80 Å². The Hall–Kier alpha value is -5.58. The highest BCUT2D eigenvalue weighted by molar-refractivity contribution is 5.42. The van der Waals surface area contributed by atoms with E-state index >= 15 is 0 Å². The summed E-state index contributed by atoms with van der Waals surface area (Å²) in [6, 6.07) is 35.4. The molecule has 0 radical (unpaired) electrons. The van der Waals surface area contributed by atoms with Crippen LogP contribution in [0.4, 0.5) is 8.78 Å². The third-order valence-electron chi connectivity index (χ3n) is 11.0. The molecule has 6 heterocycles. The minimum atomic E-state index is -0.110. The molecule has 62 heavy (non-hydrogen) atoms. The van der Waals surface area contributed by atoms with Crippen molar-refractivity contribution in [3.05, 3.63) is 180 Å². The predicted molar refractivity (Wildman–Crippen MR) is 249 cm³/mol. The molecular weight excluding hydrogens is 779 g/mol. The number of hydrogen-bond donors (Lipinski definition) is 0. The second-order valence-electron chi connectivity index (χ2n) is 15.7. The third-order valence-corrected chi connectivity index (χ3v) is 11.0. The van der Waals surface area contributed by atoms with Gasteiger partial charge in [0.2, 0.25) is 0 Å². The van der Waals surface area contributed by atoms with Crippen LogP contribution in [0, 0.1) is 39.3 Å². The molecule has 0 bridgehead atoms. The number of benzene rings is 4. The molecule has 2 fully saturated rings. The Bertz CT molecular complexity index is 1910. The van der Waals surface area contributed by atoms with Crippen molar-refractivity contribution in [3.63, 3.8) is 0 Å². The van der Waals surface area contributed by atoms with E-state index in [2.05, 4.69) is 29.7 Å². The predicted octanol–water partition coefficient (Wildman–Crippen LogP) is 12.3. The number of nitrogens with zero attached hydrogens (tertiary/aromatic N) is 6. The van der Waals surface area contributed by atoms with Crippen molar-refractivity contribution in [1.29, 1.82) is 0 Å². The Morgan fingerprint density at radius 3 is 1.03 bits per heavy atom. The molecule has 0 unspecified atom stereocenters. The average molecular weight is 847 g/mol. The van der Waals surface area contributed by atoms with E-state index in [1.165, 1.54) is 38.5 Å². The van der Waals surface area contributed by atoms with Crippen LogP contribution >= 0.6 is 0 Å². The SMILES string of the molecule is Cc1cc2c(cc1F)[C@@H](N1CCCCC1)CCO2.Cc1cc2c(cc1F)[C@H](N1CCCCC1)CCO2.Cc1ncccn1.Cc1ncccn1.[HH].[HH].c1ccccc1.c1ccccc1. The molecule has 2 saturated heterocycles. The van der Waals surface area contributed by atoms with Gasteiger partial charge in [-0.25, -0.2) is 28.7 Å². The molecule has 332 valence electrons. The number of aryl methyl sites for hydroxylation is 4. The fraction of sp³-hybridized carbons (Fsp3) is 0.385. The number of aromatic nitrogens is 4. The number of ether oxygens (including phenoxy) is 2. The molecule has 10 heteroatoms. The number of piperidine rings is 2. The number of likely N-dealkylation sites (tertiary alicyclic amines) is 2. The first-order valence-corrected chi connectivity index (χ1v) is 22.1. The van der Waals surface area contributed by atoms with Gasteiger partial charge < -0.3 is 9.47 Å². The van der Waals surface area contributed by atoms with Gasteiger partial charge in [0.15, 0.2) is 0 Å². The van der Waals surface area contributed by atoms with Gasteiger partial charge in [-0.15, -0.1) is 0 Å². The van der Waals surface area contributed by atoms with E-state index in [4.69, 9.17) is 9.47 Å². The first kappa shape index (κ1) is 47.5. The summed E-state index contributed by atoms with van der Waals surface area (Å²) in [5, 5.41) is 0. The number of hydrogen-bond acceptors (Lipinski definition) is 8. The monoisotopic (exact) mass is 847 g/mol. The normalized spacial score (nSPS) is 17.7. The second-order valence-corrected chi connectivity index (χ2v) is 15.7. The molecule has 0 aliphatic carbocycles. The Morgan fingerprint density at radius 2 is 0.758 bits per heavy atom. The van der Waals surface area contributed by atoms with Crippen molar-refractivity contribution in [2.75, 3.05) is 39.4 Å². The third kappa shape index (κ3) is 16.0. The van der Waals surface area contributed by atoms with Gasteiger partial charge >= 0.3 is 0 Å². The summed E-state index contributed by atoms with van der Waals surface area (Å²) in [4.78, 5) is 20.5. The quantitative estimate of drug-likeness (QED) is 0.171. The molecule has 0 saturated carbocycles. The van der Waals surface area contributed by atoms with Gasteiger partial charge in [-0.05, 0) is 127 Å². The van der Waals surface area contributed by atoms with E-state index in [0.29, 0.717) is 23.2 Å². The first-order chi connectivity index (χ1) is 30.3. The zero-order chi connectivity index (χ0) is 43.8. The largest absolute Gasteiger partial charge is 0.493 e. The molecule has 4 aliphatic heterocycles. The lowest BCUT2D eigenvalue weighted by molar-refractivity contribution is 0.119. The first-order valence-electron chi connectivity index (χ1n) is 22.1. The van der Waals surface area contributed by atoms with Crippen molar-refractivity contribution >= 4 is 0 Å². The molecule has 2 aromatic heterocycles. The van der Waals surface area contributed by atoms with Crippen LogP contribution in [0.2, 0.25) is 0 Å². The van der Waals surface area contributed by atoms with Gasteiger partial charge in [-0.1, -0.05) is 85.6 Å². The summed E-state index contributed by atoms with van der Waals surface area (Å²) < 4.78 is 38.9. The summed E-state index contributed by atoms with van der Waals surface area (Å²) in [6.07, 6.45) is 16.6. The fourth-order valence-electron chi connectivity index (χ4n) is 7.72. The van der Waals surface area contributed by atoms with E-state index in [0.717, 1.165) is 86.5 Å². The van der Waals surface area contributed by atoms with Crippen LogP contribution in [-0.4, -0.2) is 69.1 Å². The molecular formula is C52H68F2N6O2. The Balaban J connectivity index is 0.000000218. The van der Waals surface area contributed by atoms with E-state index < -0.39 is 0 Å². The molecule has 2 atom stereocenters. The molecule has 0 N–H and O–H groups in total. The minimum absolute atomic E-state index is 0. The zero-order valence-corrected chi connectivity index (χ0v) is 37.0. The van der Waals surface area contributed by atoms with Gasteiger partial charge in [0, 0.05) is 63.7 Å². The zero-order valence-electron chi connectivity index (χ0n) is 37.0. The number of rotatable bonds is 2. The van der Waals surface area contributed by atoms with Crippen LogP contribution in [0.3, 0.4) is 0 Å². The topological polar surface area (TPSA) is 76.5 Å². The smallest absolute Gasteiger partial charge is 0.126 e. The highest BCUT2D eigenvalue weighted by atomic mass is 19.1. The summed E-state index contributed by atoms with van der Waals surface area (Å²) in [5.41, 5.74) is 3.44. The standard InChI is InChI=1S/2C15H20FNO.2C6H6.2C5H6N2.2H2/c2*1-11-9-15-12(10-13(11)16)14(5-8-18-15)17-6-3-2-4-7-17;2*1-2-4-6-5-3-1;2*1-5-6-3-2-4-7-5;;/h2*9-10,14H,2-8H2,1H3;2*1-6H;2*2-4H,1H3;2*1H/t2*14-;;;;;;/m10....../s1. The molecule has 0 spiro atoms. The fourth-order valence-corrected chi connectivity index (χ4v) is 7.72. The maximum Gasteiger partial charge on any atom is 0.126 e. The molecule has 0 amide bonds. The van der Waals surface area contributed by atoms with Gasteiger partial charge in [0.25, 0.3) is 0 Å². The summed E-state index contributed by atoms with van der Waals surface area (Å²) in [5.74, 6) is 3.19. The van der Waals surface area contributed by atoms with Crippen molar-refractivity contribution in [2.45, 2.75) is 91.1 Å². The van der Waals surface area contributed by atoms with Crippen LogP contribution in [0.5, 0.6) is 11.5 Å². The Labute approximate surface area is 371 Å². The number of halogens is 2. The highest BCUT2D eigenvalue weighted by Crippen LogP contribution is 2.40. The number of fused-ring (bicyclic) bond motifs is 2. The molecule has 6 aromatic rings. The maximum atomic E-state index is 13.8. The molecule has 10 rings (SSSR count). The van der Waals surface area contributed by atoms with Crippen LogP contribution in [0.15, 0.2) is 134 Å². The molecule has 4 aromatic carbocycles. The minimum Gasteiger partial charge on any atom is -0.493 e. The van der Waals surface area contributed by atoms with Crippen molar-refractivity contribution in [1.82, 2.24) is 29.7 Å². The lowest BCUT2D eigenvalue weighted by atomic mass is 9.95. The van der Waals surface area contributed by atoms with Gasteiger partial charge in [0.05, 0.1) is 13.2 Å². The summed E-state index contributed by atoms with van der Waals surface area (Å²) >= 11 is 0. The van der Waals surface area contributed by atoms with Crippen molar-refractivity contribution in [2.24, 2.45) is 0 Å². The Morgan fingerprint density at radius 1 is 0.452 bits per heavy atom. The van der Waals surface area contributed by atoms with E-state index in [1.807, 2.05) is 98.8 Å². The Kier molecular flexibility index (Phi) is 20.4. The van der Waals surface area contributed by atoms with Gasteiger partial charge in [0.1, 0.15) is 34.8 Å². The highest BCUT2D eigenvalue weighted by Gasteiger charge is 2.30. The van der Waals surface area contributed by atoms with Gasteiger partial charge in [-0.2, -0.15) is 0 Å². The summed E-state index contributed by atoms with van der Waals surface area (Å²) in [6.45, 7) is 13.4. The van der Waals surface area contributed by atoms with E-state index in [-0.39, 0.29) is 14.5 Å². The van der Waals surface area contributed by atoms with Crippen molar-refractivity contribution < 1.29 is 21.1 Å². The van der Waals surface area contributed by atoms with E-state index in [9.17, 15) is 8.78 Å². The van der Waals surface area contributed by atoms with Crippen LogP contribution < -0.4 is 9.47 Å². The molecule has 8 nitrogen and oxygen atoms in total.